The summed E-state index contributed by atoms with van der Waals surface area (Å²) in [6.07, 6.45) is 4.62. The van der Waals surface area contributed by atoms with Crippen LogP contribution in [0.15, 0.2) is 48.5 Å². The third-order valence-electron chi connectivity index (χ3n) is 5.44. The lowest BCUT2D eigenvalue weighted by atomic mass is 9.95. The Morgan fingerprint density at radius 1 is 1.13 bits per heavy atom. The third kappa shape index (κ3) is 4.99. The molecule has 0 spiro atoms. The fraction of sp³-hybridized carbons (Fsp3) is 0.333. The van der Waals surface area contributed by atoms with Crippen molar-refractivity contribution in [3.63, 3.8) is 0 Å². The van der Waals surface area contributed by atoms with E-state index in [1.165, 1.54) is 0 Å². The van der Waals surface area contributed by atoms with Crippen LogP contribution in [-0.2, 0) is 9.59 Å². The molecule has 0 atom stereocenters. The molecule has 1 fully saturated rings. The molecule has 2 amide bonds. The molecular formula is C24H26N2O5. The molecule has 0 saturated carbocycles. The van der Waals surface area contributed by atoms with Crippen LogP contribution in [0.5, 0.6) is 17.2 Å². The molecular weight excluding hydrogens is 396 g/mol. The monoisotopic (exact) mass is 422 g/mol. The minimum absolute atomic E-state index is 0.0350. The summed E-state index contributed by atoms with van der Waals surface area (Å²) in [5.41, 5.74) is 1.55. The largest absolute Gasteiger partial charge is 0.493 e. The van der Waals surface area contributed by atoms with E-state index in [1.54, 1.807) is 35.3 Å². The van der Waals surface area contributed by atoms with Gasteiger partial charge in [0.25, 0.3) is 0 Å². The normalized spacial score (nSPS) is 15.8. The van der Waals surface area contributed by atoms with Gasteiger partial charge in [-0.05, 0) is 44.0 Å². The van der Waals surface area contributed by atoms with Crippen LogP contribution in [0.1, 0.15) is 25.3 Å². The van der Waals surface area contributed by atoms with E-state index in [0.717, 1.165) is 11.3 Å². The van der Waals surface area contributed by atoms with E-state index < -0.39 is 0 Å². The summed E-state index contributed by atoms with van der Waals surface area (Å²) >= 11 is 0. The summed E-state index contributed by atoms with van der Waals surface area (Å²) in [7, 11) is 0. The lowest BCUT2D eigenvalue weighted by Gasteiger charge is -2.30. The molecule has 162 valence electrons. The van der Waals surface area contributed by atoms with Gasteiger partial charge in [-0.25, -0.2) is 0 Å². The molecule has 2 heterocycles. The molecule has 2 aliphatic rings. The van der Waals surface area contributed by atoms with E-state index in [9.17, 15) is 9.59 Å². The number of likely N-dealkylation sites (tertiary alicyclic amines) is 1. The number of piperidine rings is 1. The molecule has 0 unspecified atom stereocenters. The number of nitrogens with zero attached hydrogens (tertiary/aromatic N) is 1. The van der Waals surface area contributed by atoms with Gasteiger partial charge in [0.2, 0.25) is 18.6 Å². The van der Waals surface area contributed by atoms with Crippen LogP contribution in [0.3, 0.4) is 0 Å². The van der Waals surface area contributed by atoms with Crippen LogP contribution >= 0.6 is 0 Å². The van der Waals surface area contributed by atoms with E-state index in [-0.39, 0.29) is 24.5 Å². The number of amides is 2. The van der Waals surface area contributed by atoms with Gasteiger partial charge in [-0.2, -0.15) is 0 Å². The quantitative estimate of drug-likeness (QED) is 0.719. The zero-order valence-corrected chi connectivity index (χ0v) is 17.5. The molecule has 0 aromatic heterocycles. The Labute approximate surface area is 181 Å². The van der Waals surface area contributed by atoms with Crippen molar-refractivity contribution < 1.29 is 23.8 Å². The maximum Gasteiger partial charge on any atom is 0.246 e. The number of anilines is 1. The van der Waals surface area contributed by atoms with Gasteiger partial charge < -0.3 is 24.4 Å². The van der Waals surface area contributed by atoms with Gasteiger partial charge in [0, 0.05) is 42.4 Å². The molecule has 0 aliphatic carbocycles. The SMILES string of the molecule is CCOc1ccccc1/C=C/C(=O)N1CCC(C(=O)Nc2ccc3c(c2)OCO3)CC1. The summed E-state index contributed by atoms with van der Waals surface area (Å²) in [6.45, 7) is 3.80. The van der Waals surface area contributed by atoms with Crippen LogP contribution in [0.25, 0.3) is 6.08 Å². The summed E-state index contributed by atoms with van der Waals surface area (Å²) in [5.74, 6) is 1.86. The number of nitrogens with one attached hydrogen (secondary N) is 1. The third-order valence-corrected chi connectivity index (χ3v) is 5.44. The first-order valence-corrected chi connectivity index (χ1v) is 10.5. The molecule has 7 heteroatoms. The van der Waals surface area contributed by atoms with Crippen molar-refractivity contribution in [3.05, 3.63) is 54.1 Å². The van der Waals surface area contributed by atoms with Gasteiger partial charge in [-0.15, -0.1) is 0 Å². The molecule has 1 N–H and O–H groups in total. The van der Waals surface area contributed by atoms with Crippen LogP contribution in [0.4, 0.5) is 5.69 Å². The number of rotatable bonds is 6. The molecule has 0 bridgehead atoms. The molecule has 2 aliphatic heterocycles. The molecule has 4 rings (SSSR count). The molecule has 1 saturated heterocycles. The fourth-order valence-corrected chi connectivity index (χ4v) is 3.75. The van der Waals surface area contributed by atoms with Crippen molar-refractivity contribution in [1.82, 2.24) is 4.90 Å². The van der Waals surface area contributed by atoms with Crippen molar-refractivity contribution in [3.8, 4) is 17.2 Å². The van der Waals surface area contributed by atoms with Gasteiger partial charge in [0.1, 0.15) is 5.75 Å². The van der Waals surface area contributed by atoms with Crippen molar-refractivity contribution in [2.24, 2.45) is 5.92 Å². The maximum absolute atomic E-state index is 12.6. The van der Waals surface area contributed by atoms with Gasteiger partial charge in [-0.3, -0.25) is 9.59 Å². The Morgan fingerprint density at radius 3 is 2.71 bits per heavy atom. The Morgan fingerprint density at radius 2 is 1.90 bits per heavy atom. The van der Waals surface area contributed by atoms with E-state index in [0.29, 0.717) is 49.7 Å². The highest BCUT2D eigenvalue weighted by molar-refractivity contribution is 5.94. The predicted molar refractivity (Wildman–Crippen MR) is 117 cm³/mol. The minimum atomic E-state index is -0.128. The van der Waals surface area contributed by atoms with Crippen LogP contribution < -0.4 is 19.5 Å². The fourth-order valence-electron chi connectivity index (χ4n) is 3.75. The highest BCUT2D eigenvalue weighted by Gasteiger charge is 2.27. The number of carbonyl (C=O) groups is 2. The standard InChI is InChI=1S/C24H26N2O5/c1-2-29-20-6-4-3-5-17(20)7-10-23(27)26-13-11-18(12-14-26)24(28)25-19-8-9-21-22(15-19)31-16-30-21/h3-10,15,18H,2,11-14,16H2,1H3,(H,25,28)/b10-7+. The van der Waals surface area contributed by atoms with Gasteiger partial charge in [0.05, 0.1) is 6.61 Å². The number of benzene rings is 2. The first-order chi connectivity index (χ1) is 15.1. The van der Waals surface area contributed by atoms with Crippen LogP contribution in [0, 0.1) is 5.92 Å². The second kappa shape index (κ2) is 9.55. The van der Waals surface area contributed by atoms with Gasteiger partial charge >= 0.3 is 0 Å². The van der Waals surface area contributed by atoms with Crippen molar-refractivity contribution >= 4 is 23.6 Å². The molecule has 2 aromatic rings. The average molecular weight is 422 g/mol. The first kappa shape index (κ1) is 20.8. The Hall–Kier alpha value is -3.48. The molecule has 2 aromatic carbocycles. The number of carbonyl (C=O) groups excluding carboxylic acids is 2. The lowest BCUT2D eigenvalue weighted by molar-refractivity contribution is -0.130. The van der Waals surface area contributed by atoms with Crippen LogP contribution in [0.2, 0.25) is 0 Å². The number of para-hydroxylation sites is 1. The second-order valence-electron chi connectivity index (χ2n) is 7.46. The zero-order chi connectivity index (χ0) is 21.6. The van der Waals surface area contributed by atoms with Crippen molar-refractivity contribution in [2.75, 3.05) is 31.8 Å². The summed E-state index contributed by atoms with van der Waals surface area (Å²) in [6, 6.07) is 13.0. The second-order valence-corrected chi connectivity index (χ2v) is 7.46. The number of ether oxygens (including phenoxy) is 3. The number of fused-ring (bicyclic) bond motifs is 1. The zero-order valence-electron chi connectivity index (χ0n) is 17.5. The lowest BCUT2D eigenvalue weighted by Crippen LogP contribution is -2.40. The van der Waals surface area contributed by atoms with E-state index in [1.807, 2.05) is 31.2 Å². The Bertz CT molecular complexity index is 980. The van der Waals surface area contributed by atoms with Gasteiger partial charge in [0.15, 0.2) is 11.5 Å². The molecule has 0 radical (unpaired) electrons. The smallest absolute Gasteiger partial charge is 0.246 e. The highest BCUT2D eigenvalue weighted by atomic mass is 16.7. The molecule has 7 nitrogen and oxygen atoms in total. The maximum atomic E-state index is 12.6. The van der Waals surface area contributed by atoms with Crippen molar-refractivity contribution in [2.45, 2.75) is 19.8 Å². The van der Waals surface area contributed by atoms with Crippen LogP contribution in [-0.4, -0.2) is 43.2 Å². The average Bonchev–Trinajstić information content (AvgIpc) is 3.26. The highest BCUT2D eigenvalue weighted by Crippen LogP contribution is 2.34. The van der Waals surface area contributed by atoms with E-state index in [2.05, 4.69) is 5.32 Å². The summed E-state index contributed by atoms with van der Waals surface area (Å²) in [4.78, 5) is 27.0. The molecule has 31 heavy (non-hydrogen) atoms. The van der Waals surface area contributed by atoms with E-state index in [4.69, 9.17) is 14.2 Å². The Balaban J connectivity index is 1.29. The number of hydrogen-bond acceptors (Lipinski definition) is 5. The minimum Gasteiger partial charge on any atom is -0.493 e. The number of hydrogen-bond donors (Lipinski definition) is 1. The van der Waals surface area contributed by atoms with Crippen molar-refractivity contribution in [1.29, 1.82) is 0 Å². The van der Waals surface area contributed by atoms with Gasteiger partial charge in [-0.1, -0.05) is 18.2 Å². The summed E-state index contributed by atoms with van der Waals surface area (Å²) < 4.78 is 16.2. The summed E-state index contributed by atoms with van der Waals surface area (Å²) in [5, 5.41) is 2.94. The topological polar surface area (TPSA) is 77.1 Å². The Kier molecular flexibility index (Phi) is 6.40. The van der Waals surface area contributed by atoms with E-state index >= 15 is 0 Å². The predicted octanol–water partition coefficient (Wildman–Crippen LogP) is 3.70. The first-order valence-electron chi connectivity index (χ1n) is 10.5.